The highest BCUT2D eigenvalue weighted by Gasteiger charge is 2.15. The molecule has 62 valence electrons. The smallest absolute Gasteiger partial charge is 0.0296 e. The van der Waals surface area contributed by atoms with Gasteiger partial charge in [0.25, 0.3) is 0 Å². The first-order chi connectivity index (χ1) is 5.10. The van der Waals surface area contributed by atoms with Crippen LogP contribution in [0, 0.1) is 5.41 Å². The van der Waals surface area contributed by atoms with E-state index in [1.54, 1.807) is 0 Å². The molecule has 0 atom stereocenters. The van der Waals surface area contributed by atoms with Crippen LogP contribution < -0.4 is 0 Å². The molecule has 0 saturated carbocycles. The SMILES string of the molecule is CC1=CCCC(C)(C)CC=C1. The summed E-state index contributed by atoms with van der Waals surface area (Å²) in [6.07, 6.45) is 10.6. The Bertz CT molecular complexity index is 182. The summed E-state index contributed by atoms with van der Waals surface area (Å²) in [4.78, 5) is 0. The molecule has 0 aromatic heterocycles. The van der Waals surface area contributed by atoms with Crippen molar-refractivity contribution in [1.29, 1.82) is 0 Å². The van der Waals surface area contributed by atoms with Gasteiger partial charge < -0.3 is 0 Å². The van der Waals surface area contributed by atoms with Crippen LogP contribution in [-0.2, 0) is 0 Å². The van der Waals surface area contributed by atoms with E-state index in [1.165, 1.54) is 24.8 Å². The molecule has 0 aromatic rings. The van der Waals surface area contributed by atoms with Crippen LogP contribution in [0.5, 0.6) is 0 Å². The summed E-state index contributed by atoms with van der Waals surface area (Å²) < 4.78 is 0. The van der Waals surface area contributed by atoms with Crippen molar-refractivity contribution in [1.82, 2.24) is 0 Å². The number of hydrogen-bond acceptors (Lipinski definition) is 0. The summed E-state index contributed by atoms with van der Waals surface area (Å²) in [5.41, 5.74) is 1.92. The predicted octanol–water partition coefficient (Wildman–Crippen LogP) is 3.70. The maximum Gasteiger partial charge on any atom is -0.0296 e. The summed E-state index contributed by atoms with van der Waals surface area (Å²) in [5.74, 6) is 0. The summed E-state index contributed by atoms with van der Waals surface area (Å²) in [6.45, 7) is 6.85. The normalized spacial score (nSPS) is 23.7. The predicted molar refractivity (Wildman–Crippen MR) is 50.5 cm³/mol. The van der Waals surface area contributed by atoms with Gasteiger partial charge in [0.2, 0.25) is 0 Å². The molecule has 1 aliphatic carbocycles. The third-order valence-corrected chi connectivity index (χ3v) is 2.34. The number of allylic oxidation sites excluding steroid dienone is 4. The Morgan fingerprint density at radius 2 is 2.09 bits per heavy atom. The third kappa shape index (κ3) is 2.92. The van der Waals surface area contributed by atoms with Crippen LogP contribution in [0.15, 0.2) is 23.8 Å². The van der Waals surface area contributed by atoms with Gasteiger partial charge in [0.05, 0.1) is 0 Å². The molecule has 0 heteroatoms. The molecule has 0 amide bonds. The molecule has 0 bridgehead atoms. The third-order valence-electron chi connectivity index (χ3n) is 2.34. The zero-order chi connectivity index (χ0) is 8.32. The molecule has 0 N–H and O–H groups in total. The van der Waals surface area contributed by atoms with Crippen LogP contribution in [0.3, 0.4) is 0 Å². The van der Waals surface area contributed by atoms with Crippen molar-refractivity contribution in [2.24, 2.45) is 5.41 Å². The highest BCUT2D eigenvalue weighted by Crippen LogP contribution is 2.29. The molecule has 11 heavy (non-hydrogen) atoms. The van der Waals surface area contributed by atoms with E-state index < -0.39 is 0 Å². The Hall–Kier alpha value is -0.520. The molecule has 0 unspecified atom stereocenters. The van der Waals surface area contributed by atoms with Gasteiger partial charge in [-0.2, -0.15) is 0 Å². The second-order valence-electron chi connectivity index (χ2n) is 4.26. The summed E-state index contributed by atoms with van der Waals surface area (Å²) in [6, 6.07) is 0. The van der Waals surface area contributed by atoms with Crippen molar-refractivity contribution in [3.63, 3.8) is 0 Å². The van der Waals surface area contributed by atoms with Gasteiger partial charge in [0.15, 0.2) is 0 Å². The minimum absolute atomic E-state index is 0.508. The van der Waals surface area contributed by atoms with Gasteiger partial charge in [-0.3, -0.25) is 0 Å². The first-order valence-corrected chi connectivity index (χ1v) is 4.43. The Morgan fingerprint density at radius 3 is 2.82 bits per heavy atom. The zero-order valence-electron chi connectivity index (χ0n) is 7.85. The fourth-order valence-electron chi connectivity index (χ4n) is 1.42. The van der Waals surface area contributed by atoms with Crippen molar-refractivity contribution in [3.05, 3.63) is 23.8 Å². The van der Waals surface area contributed by atoms with Crippen LogP contribution >= 0.6 is 0 Å². The van der Waals surface area contributed by atoms with E-state index in [9.17, 15) is 0 Å². The van der Waals surface area contributed by atoms with Gasteiger partial charge in [-0.1, -0.05) is 37.6 Å². The zero-order valence-corrected chi connectivity index (χ0v) is 7.85. The van der Waals surface area contributed by atoms with Gasteiger partial charge in [0, 0.05) is 0 Å². The molecule has 0 aliphatic heterocycles. The maximum atomic E-state index is 2.34. The Morgan fingerprint density at radius 1 is 1.36 bits per heavy atom. The van der Waals surface area contributed by atoms with Crippen LogP contribution in [-0.4, -0.2) is 0 Å². The molecular formula is C11H18. The quantitative estimate of drug-likeness (QED) is 0.494. The van der Waals surface area contributed by atoms with E-state index >= 15 is 0 Å². The topological polar surface area (TPSA) is 0 Å². The summed E-state index contributed by atoms with van der Waals surface area (Å²) >= 11 is 0. The highest BCUT2D eigenvalue weighted by molar-refractivity contribution is 5.17. The number of rotatable bonds is 0. The van der Waals surface area contributed by atoms with Gasteiger partial charge in [-0.25, -0.2) is 0 Å². The molecular weight excluding hydrogens is 132 g/mol. The Balaban J connectivity index is 2.62. The second kappa shape index (κ2) is 3.25. The van der Waals surface area contributed by atoms with E-state index in [4.69, 9.17) is 0 Å². The monoisotopic (exact) mass is 150 g/mol. The van der Waals surface area contributed by atoms with Crippen LogP contribution in [0.1, 0.15) is 40.0 Å². The highest BCUT2D eigenvalue weighted by atomic mass is 14.2. The summed E-state index contributed by atoms with van der Waals surface area (Å²) in [7, 11) is 0. The lowest BCUT2D eigenvalue weighted by Crippen LogP contribution is -2.09. The van der Waals surface area contributed by atoms with Crippen LogP contribution in [0.25, 0.3) is 0 Å². The Kier molecular flexibility index (Phi) is 2.53. The fourth-order valence-corrected chi connectivity index (χ4v) is 1.42. The van der Waals surface area contributed by atoms with Gasteiger partial charge in [-0.15, -0.1) is 0 Å². The molecule has 1 rings (SSSR count). The Labute approximate surface area is 70.0 Å². The minimum atomic E-state index is 0.508. The van der Waals surface area contributed by atoms with Gasteiger partial charge >= 0.3 is 0 Å². The lowest BCUT2D eigenvalue weighted by atomic mass is 9.83. The summed E-state index contributed by atoms with van der Waals surface area (Å²) in [5, 5.41) is 0. The maximum absolute atomic E-state index is 2.34. The molecule has 0 fully saturated rings. The van der Waals surface area contributed by atoms with Gasteiger partial charge in [0.1, 0.15) is 0 Å². The van der Waals surface area contributed by atoms with Crippen molar-refractivity contribution < 1.29 is 0 Å². The lowest BCUT2D eigenvalue weighted by molar-refractivity contribution is 0.341. The lowest BCUT2D eigenvalue weighted by Gasteiger charge is -2.23. The van der Waals surface area contributed by atoms with Gasteiger partial charge in [-0.05, 0) is 31.6 Å². The molecule has 0 spiro atoms. The van der Waals surface area contributed by atoms with Crippen molar-refractivity contribution >= 4 is 0 Å². The van der Waals surface area contributed by atoms with Crippen molar-refractivity contribution in [3.8, 4) is 0 Å². The first-order valence-electron chi connectivity index (χ1n) is 4.43. The molecule has 0 nitrogen and oxygen atoms in total. The van der Waals surface area contributed by atoms with E-state index in [0.717, 1.165) is 0 Å². The average Bonchev–Trinajstić information content (AvgIpc) is 1.83. The molecule has 0 saturated heterocycles. The molecule has 0 aromatic carbocycles. The second-order valence-corrected chi connectivity index (χ2v) is 4.26. The molecule has 0 heterocycles. The van der Waals surface area contributed by atoms with E-state index in [-0.39, 0.29) is 0 Å². The standard InChI is InChI=1S/C11H18/c1-10-6-4-8-11(2,3)9-5-7-10/h4,6-7H,5,8-9H2,1-3H3. The van der Waals surface area contributed by atoms with Crippen molar-refractivity contribution in [2.75, 3.05) is 0 Å². The minimum Gasteiger partial charge on any atom is -0.0838 e. The average molecular weight is 150 g/mol. The van der Waals surface area contributed by atoms with Crippen LogP contribution in [0.2, 0.25) is 0 Å². The van der Waals surface area contributed by atoms with Crippen LogP contribution in [0.4, 0.5) is 0 Å². The fraction of sp³-hybridized carbons (Fsp3) is 0.636. The molecule has 1 aliphatic rings. The molecule has 0 radical (unpaired) electrons. The van der Waals surface area contributed by atoms with E-state index in [1.807, 2.05) is 0 Å². The number of hydrogen-bond donors (Lipinski definition) is 0. The van der Waals surface area contributed by atoms with Crippen molar-refractivity contribution in [2.45, 2.75) is 40.0 Å². The first kappa shape index (κ1) is 8.58. The van der Waals surface area contributed by atoms with E-state index in [2.05, 4.69) is 39.0 Å². The largest absolute Gasteiger partial charge is 0.0838 e. The van der Waals surface area contributed by atoms with E-state index in [0.29, 0.717) is 5.41 Å².